The summed E-state index contributed by atoms with van der Waals surface area (Å²) in [6.45, 7) is 11.0. The molecule has 0 aliphatic carbocycles. The topological polar surface area (TPSA) is 126 Å². The van der Waals surface area contributed by atoms with Crippen LogP contribution in [0.3, 0.4) is 0 Å². The second-order valence-electron chi connectivity index (χ2n) is 9.58. The largest absolute Gasteiger partial charge is 0.378 e. The molecule has 196 valence electrons. The van der Waals surface area contributed by atoms with Crippen molar-refractivity contribution in [1.82, 2.24) is 25.3 Å². The van der Waals surface area contributed by atoms with Crippen LogP contribution >= 0.6 is 0 Å². The van der Waals surface area contributed by atoms with Crippen molar-refractivity contribution in [3.05, 3.63) is 54.4 Å². The Hall–Kier alpha value is -4.09. The van der Waals surface area contributed by atoms with Gasteiger partial charge in [-0.1, -0.05) is 18.7 Å². The highest BCUT2D eigenvalue weighted by Gasteiger charge is 2.33. The summed E-state index contributed by atoms with van der Waals surface area (Å²) in [7, 11) is 0. The summed E-state index contributed by atoms with van der Waals surface area (Å²) < 4.78 is 5.52. The maximum atomic E-state index is 13.8. The second kappa shape index (κ2) is 10.3. The number of hydrogen-bond acceptors (Lipinski definition) is 10. The van der Waals surface area contributed by atoms with Gasteiger partial charge in [-0.2, -0.15) is 4.98 Å². The van der Waals surface area contributed by atoms with E-state index < -0.39 is 0 Å². The number of fused-ring (bicyclic) bond motifs is 1. The first-order valence-corrected chi connectivity index (χ1v) is 13.0. The van der Waals surface area contributed by atoms with Crippen molar-refractivity contribution in [2.24, 2.45) is 0 Å². The van der Waals surface area contributed by atoms with E-state index >= 15 is 0 Å². The van der Waals surface area contributed by atoms with Gasteiger partial charge in [-0.25, -0.2) is 15.0 Å². The zero-order chi connectivity index (χ0) is 26.1. The highest BCUT2D eigenvalue weighted by Crippen LogP contribution is 2.37. The Morgan fingerprint density at radius 1 is 1.00 bits per heavy atom. The zero-order valence-corrected chi connectivity index (χ0v) is 21.3. The van der Waals surface area contributed by atoms with E-state index in [9.17, 15) is 4.79 Å². The molecule has 6 rings (SSSR count). The summed E-state index contributed by atoms with van der Waals surface area (Å²) in [6, 6.07) is 8.07. The van der Waals surface area contributed by atoms with Gasteiger partial charge in [0.15, 0.2) is 0 Å². The first kappa shape index (κ1) is 24.3. The molecule has 11 nitrogen and oxygen atoms in total. The Labute approximate surface area is 221 Å². The van der Waals surface area contributed by atoms with Crippen molar-refractivity contribution in [2.45, 2.75) is 6.42 Å². The molecule has 3 aliphatic rings. The maximum Gasteiger partial charge on any atom is 0.259 e. The number of piperazine rings is 1. The molecule has 0 atom stereocenters. The molecular formula is C27H31N9O2. The normalized spacial score (nSPS) is 17.4. The maximum absolute atomic E-state index is 13.8. The van der Waals surface area contributed by atoms with Crippen molar-refractivity contribution >= 4 is 34.9 Å². The van der Waals surface area contributed by atoms with E-state index in [1.54, 1.807) is 17.3 Å². The van der Waals surface area contributed by atoms with Crippen LogP contribution in [0.25, 0.3) is 16.8 Å². The number of nitrogen functional groups attached to an aromatic ring is 1. The highest BCUT2D eigenvalue weighted by atomic mass is 16.5. The third-order valence-electron chi connectivity index (χ3n) is 7.23. The van der Waals surface area contributed by atoms with Gasteiger partial charge in [0.1, 0.15) is 5.82 Å². The lowest BCUT2D eigenvalue weighted by Crippen LogP contribution is -2.43. The molecule has 0 unspecified atom stereocenters. The van der Waals surface area contributed by atoms with Gasteiger partial charge < -0.3 is 25.6 Å². The van der Waals surface area contributed by atoms with Crippen LogP contribution in [-0.4, -0.2) is 84.9 Å². The third kappa shape index (κ3) is 4.66. The lowest BCUT2D eigenvalue weighted by molar-refractivity contribution is -0.113. The smallest absolute Gasteiger partial charge is 0.259 e. The monoisotopic (exact) mass is 513 g/mol. The quantitative estimate of drug-likeness (QED) is 0.483. The Bertz CT molecular complexity index is 1350. The van der Waals surface area contributed by atoms with E-state index in [4.69, 9.17) is 20.4 Å². The highest BCUT2D eigenvalue weighted by molar-refractivity contribution is 6.26. The summed E-state index contributed by atoms with van der Waals surface area (Å²) in [5.41, 5.74) is 10.4. The predicted octanol–water partition coefficient (Wildman–Crippen LogP) is 1.36. The van der Waals surface area contributed by atoms with Crippen molar-refractivity contribution < 1.29 is 9.53 Å². The molecule has 3 N–H and O–H groups in total. The molecule has 38 heavy (non-hydrogen) atoms. The van der Waals surface area contributed by atoms with Gasteiger partial charge in [0.25, 0.3) is 5.91 Å². The number of morpholine rings is 1. The Balaban J connectivity index is 1.34. The average molecular weight is 514 g/mol. The van der Waals surface area contributed by atoms with E-state index in [1.807, 2.05) is 12.1 Å². The molecule has 1 amide bonds. The summed E-state index contributed by atoms with van der Waals surface area (Å²) >= 11 is 0. The molecule has 5 heterocycles. The van der Waals surface area contributed by atoms with Crippen molar-refractivity contribution in [3.8, 4) is 11.3 Å². The molecule has 0 radical (unpaired) electrons. The Kier molecular flexibility index (Phi) is 6.61. The van der Waals surface area contributed by atoms with E-state index in [2.05, 4.69) is 43.8 Å². The van der Waals surface area contributed by atoms with E-state index in [0.717, 1.165) is 54.3 Å². The molecule has 2 fully saturated rings. The SMILES string of the molecule is C=C(C(=O)N1CCc2c(-c3cnc(N)nc3)nc(N3CCOCC3)nc21)c1cccc(N2CCNCC2)c1. The fourth-order valence-electron chi connectivity index (χ4n) is 5.14. The minimum absolute atomic E-state index is 0.160. The number of nitrogens with two attached hydrogens (primary N) is 1. The standard InChI is InChI=1S/C27H31N9O2/c1-18(19-3-2-4-21(15-19)34-9-6-29-7-10-34)25(37)36-8-5-22-23(20-16-30-26(28)31-17-20)32-27(33-24(22)36)35-11-13-38-14-12-35/h2-4,15-17,29H,1,5-14H2,(H2,28,30,31). The molecule has 2 saturated heterocycles. The molecule has 1 aromatic carbocycles. The molecule has 11 heteroatoms. The fourth-order valence-corrected chi connectivity index (χ4v) is 5.14. The van der Waals surface area contributed by atoms with Crippen LogP contribution < -0.4 is 25.8 Å². The molecule has 0 saturated carbocycles. The summed E-state index contributed by atoms with van der Waals surface area (Å²) in [4.78, 5) is 38.1. The zero-order valence-electron chi connectivity index (χ0n) is 21.3. The van der Waals surface area contributed by atoms with Gasteiger partial charge in [0.2, 0.25) is 11.9 Å². The number of carbonyl (C=O) groups excluding carboxylic acids is 1. The lowest BCUT2D eigenvalue weighted by atomic mass is 10.0. The number of amides is 1. The van der Waals surface area contributed by atoms with Crippen molar-refractivity contribution in [1.29, 1.82) is 0 Å². The van der Waals surface area contributed by atoms with E-state index in [0.29, 0.717) is 56.6 Å². The van der Waals surface area contributed by atoms with Gasteiger partial charge in [-0.15, -0.1) is 0 Å². The summed E-state index contributed by atoms with van der Waals surface area (Å²) in [6.07, 6.45) is 3.95. The number of carbonyl (C=O) groups is 1. The minimum Gasteiger partial charge on any atom is -0.378 e. The van der Waals surface area contributed by atoms with Crippen molar-refractivity contribution in [2.75, 3.05) is 79.5 Å². The number of nitrogens with one attached hydrogen (secondary N) is 1. The number of benzene rings is 1. The molecule has 0 bridgehead atoms. The number of ether oxygens (including phenoxy) is 1. The number of aromatic nitrogens is 4. The van der Waals surface area contributed by atoms with Gasteiger partial charge in [0, 0.05) is 80.6 Å². The Morgan fingerprint density at radius 3 is 2.53 bits per heavy atom. The van der Waals surface area contributed by atoms with Crippen LogP contribution in [0, 0.1) is 0 Å². The van der Waals surface area contributed by atoms with Crippen molar-refractivity contribution in [3.63, 3.8) is 0 Å². The molecule has 3 aromatic rings. The van der Waals surface area contributed by atoms with Crippen LogP contribution in [0.15, 0.2) is 43.2 Å². The summed E-state index contributed by atoms with van der Waals surface area (Å²) in [5.74, 6) is 1.21. The first-order chi connectivity index (χ1) is 18.6. The molecular weight excluding hydrogens is 482 g/mol. The number of rotatable bonds is 5. The molecule has 0 spiro atoms. The van der Waals surface area contributed by atoms with Gasteiger partial charge >= 0.3 is 0 Å². The van der Waals surface area contributed by atoms with Crippen LogP contribution in [0.5, 0.6) is 0 Å². The lowest BCUT2D eigenvalue weighted by Gasteiger charge is -2.30. The van der Waals surface area contributed by atoms with Crippen LogP contribution in [-0.2, 0) is 16.0 Å². The van der Waals surface area contributed by atoms with Gasteiger partial charge in [-0.3, -0.25) is 9.69 Å². The van der Waals surface area contributed by atoms with Gasteiger partial charge in [0.05, 0.1) is 18.9 Å². The number of nitrogens with zero attached hydrogens (tertiary/aromatic N) is 7. The van der Waals surface area contributed by atoms with Crippen LogP contribution in [0.2, 0.25) is 0 Å². The van der Waals surface area contributed by atoms with Crippen LogP contribution in [0.1, 0.15) is 11.1 Å². The Morgan fingerprint density at radius 2 is 1.76 bits per heavy atom. The molecule has 3 aliphatic heterocycles. The fraction of sp³-hybridized carbons (Fsp3) is 0.370. The van der Waals surface area contributed by atoms with E-state index in [-0.39, 0.29) is 11.9 Å². The number of hydrogen-bond donors (Lipinski definition) is 2. The number of anilines is 4. The average Bonchev–Trinajstić information content (AvgIpc) is 3.41. The minimum atomic E-state index is -0.160. The van der Waals surface area contributed by atoms with E-state index in [1.165, 1.54) is 0 Å². The van der Waals surface area contributed by atoms with Crippen LogP contribution in [0.4, 0.5) is 23.4 Å². The third-order valence-corrected chi connectivity index (χ3v) is 7.23. The molecule has 2 aromatic heterocycles. The first-order valence-electron chi connectivity index (χ1n) is 13.0. The second-order valence-corrected chi connectivity index (χ2v) is 9.58. The summed E-state index contributed by atoms with van der Waals surface area (Å²) in [5, 5.41) is 3.38. The predicted molar refractivity (Wildman–Crippen MR) is 147 cm³/mol. The van der Waals surface area contributed by atoms with Gasteiger partial charge in [-0.05, 0) is 24.1 Å².